The van der Waals surface area contributed by atoms with Gasteiger partial charge >= 0.3 is 12.1 Å². The van der Waals surface area contributed by atoms with Gasteiger partial charge in [-0.3, -0.25) is 4.79 Å². The van der Waals surface area contributed by atoms with Crippen molar-refractivity contribution in [1.29, 1.82) is 0 Å². The molecule has 0 aromatic rings. The molecule has 0 saturated carbocycles. The quantitative estimate of drug-likeness (QED) is 0.630. The molecule has 82 valence electrons. The van der Waals surface area contributed by atoms with Crippen molar-refractivity contribution in [2.24, 2.45) is 0 Å². The maximum atomic E-state index is 12.1. The molecular formula is C8H12F3NOS. The number of alkyl halides is 3. The van der Waals surface area contributed by atoms with E-state index in [0.29, 0.717) is 12.2 Å². The van der Waals surface area contributed by atoms with E-state index < -0.39 is 12.1 Å². The van der Waals surface area contributed by atoms with Gasteiger partial charge in [0.15, 0.2) is 0 Å². The first-order chi connectivity index (χ1) is 6.43. The number of carbonyl (C=O) groups is 1. The highest BCUT2D eigenvalue weighted by atomic mass is 32.2. The van der Waals surface area contributed by atoms with Crippen LogP contribution in [0.15, 0.2) is 0 Å². The Balaban J connectivity index is 2.69. The Bertz CT molecular complexity index is 219. The maximum absolute atomic E-state index is 12.1. The molecule has 6 heteroatoms. The Kier molecular flexibility index (Phi) is 3.69. The first kappa shape index (κ1) is 11.7. The average molecular weight is 227 g/mol. The minimum atomic E-state index is -4.73. The highest BCUT2D eigenvalue weighted by Gasteiger charge is 2.43. The van der Waals surface area contributed by atoms with Crippen molar-refractivity contribution < 1.29 is 18.0 Å². The summed E-state index contributed by atoms with van der Waals surface area (Å²) in [5.74, 6) is -0.290. The first-order valence-corrected chi connectivity index (χ1v) is 5.54. The van der Waals surface area contributed by atoms with Crippen LogP contribution >= 0.6 is 11.8 Å². The average Bonchev–Trinajstić information content (AvgIpc) is 2.27. The standard InChI is InChI=1S/C8H12F3NOS/c1-6-2-4-14-5-3-12(6)7(13)8(9,10)11/h6H,2-5H2,1H3. The van der Waals surface area contributed by atoms with Crippen LogP contribution in [0.3, 0.4) is 0 Å². The molecule has 2 nitrogen and oxygen atoms in total. The minimum Gasteiger partial charge on any atom is -0.331 e. The van der Waals surface area contributed by atoms with E-state index >= 15 is 0 Å². The monoisotopic (exact) mass is 227 g/mol. The Hall–Kier alpha value is -0.390. The lowest BCUT2D eigenvalue weighted by molar-refractivity contribution is -0.187. The second kappa shape index (κ2) is 4.42. The van der Waals surface area contributed by atoms with E-state index in [9.17, 15) is 18.0 Å². The smallest absolute Gasteiger partial charge is 0.331 e. The van der Waals surface area contributed by atoms with Crippen molar-refractivity contribution in [3.63, 3.8) is 0 Å². The second-order valence-corrected chi connectivity index (χ2v) is 4.47. The Labute approximate surface area is 84.8 Å². The molecule has 0 spiro atoms. The molecule has 1 atom stereocenters. The van der Waals surface area contributed by atoms with Gasteiger partial charge in [-0.1, -0.05) is 0 Å². The van der Waals surface area contributed by atoms with Crippen LogP contribution in [0.5, 0.6) is 0 Å². The van der Waals surface area contributed by atoms with Gasteiger partial charge in [0.25, 0.3) is 0 Å². The Morgan fingerprint density at radius 3 is 2.64 bits per heavy atom. The van der Waals surface area contributed by atoms with Crippen LogP contribution in [0.25, 0.3) is 0 Å². The zero-order valence-corrected chi connectivity index (χ0v) is 8.62. The summed E-state index contributed by atoms with van der Waals surface area (Å²) in [6, 6.07) is -0.306. The van der Waals surface area contributed by atoms with E-state index in [1.807, 2.05) is 0 Å². The molecule has 1 aliphatic heterocycles. The zero-order chi connectivity index (χ0) is 10.8. The van der Waals surface area contributed by atoms with E-state index in [1.165, 1.54) is 0 Å². The van der Waals surface area contributed by atoms with Gasteiger partial charge in [-0.2, -0.15) is 24.9 Å². The lowest BCUT2D eigenvalue weighted by Crippen LogP contribution is -2.46. The number of amides is 1. The molecule has 0 radical (unpaired) electrons. The lowest BCUT2D eigenvalue weighted by atomic mass is 10.2. The van der Waals surface area contributed by atoms with E-state index in [2.05, 4.69) is 0 Å². The third-order valence-corrected chi connectivity index (χ3v) is 3.19. The number of thioether (sulfide) groups is 1. The van der Waals surface area contributed by atoms with Gasteiger partial charge in [0, 0.05) is 18.3 Å². The van der Waals surface area contributed by atoms with E-state index in [-0.39, 0.29) is 12.6 Å². The molecule has 1 fully saturated rings. The Morgan fingerprint density at radius 1 is 1.43 bits per heavy atom. The minimum absolute atomic E-state index is 0.199. The van der Waals surface area contributed by atoms with Crippen molar-refractivity contribution >= 4 is 17.7 Å². The number of nitrogens with zero attached hydrogens (tertiary/aromatic N) is 1. The fraction of sp³-hybridized carbons (Fsp3) is 0.875. The summed E-state index contributed by atoms with van der Waals surface area (Å²) in [5.41, 5.74) is 0. The molecule has 14 heavy (non-hydrogen) atoms. The summed E-state index contributed by atoms with van der Waals surface area (Å²) < 4.78 is 36.4. The van der Waals surface area contributed by atoms with E-state index in [1.54, 1.807) is 18.7 Å². The molecule has 0 bridgehead atoms. The number of carbonyl (C=O) groups excluding carboxylic acids is 1. The van der Waals surface area contributed by atoms with Gasteiger partial charge in [0.05, 0.1) is 0 Å². The van der Waals surface area contributed by atoms with Crippen LogP contribution in [0.2, 0.25) is 0 Å². The van der Waals surface area contributed by atoms with Crippen LogP contribution in [-0.4, -0.2) is 41.1 Å². The van der Waals surface area contributed by atoms with Gasteiger partial charge in [-0.25, -0.2) is 0 Å². The molecule has 0 aromatic carbocycles. The van der Waals surface area contributed by atoms with E-state index in [0.717, 1.165) is 10.7 Å². The maximum Gasteiger partial charge on any atom is 0.471 e. The van der Waals surface area contributed by atoms with E-state index in [4.69, 9.17) is 0 Å². The van der Waals surface area contributed by atoms with Crippen LogP contribution in [0, 0.1) is 0 Å². The summed E-state index contributed by atoms with van der Waals surface area (Å²) in [6.45, 7) is 1.86. The molecule has 1 amide bonds. The highest BCUT2D eigenvalue weighted by molar-refractivity contribution is 7.99. The number of hydrogen-bond donors (Lipinski definition) is 0. The van der Waals surface area contributed by atoms with Gasteiger partial charge < -0.3 is 4.90 Å². The molecule has 0 aliphatic carbocycles. The predicted molar refractivity (Wildman–Crippen MR) is 49.2 cm³/mol. The van der Waals surface area contributed by atoms with Crippen molar-refractivity contribution in [3.8, 4) is 0 Å². The fourth-order valence-corrected chi connectivity index (χ4v) is 2.40. The molecule has 0 N–H and O–H groups in total. The number of halogens is 3. The highest BCUT2D eigenvalue weighted by Crippen LogP contribution is 2.23. The third-order valence-electron chi connectivity index (χ3n) is 2.19. The molecule has 1 rings (SSSR count). The van der Waals surface area contributed by atoms with Gasteiger partial charge in [-0.15, -0.1) is 0 Å². The van der Waals surface area contributed by atoms with Gasteiger partial charge in [0.2, 0.25) is 0 Å². The van der Waals surface area contributed by atoms with Crippen LogP contribution in [0.1, 0.15) is 13.3 Å². The van der Waals surface area contributed by atoms with Crippen molar-refractivity contribution in [3.05, 3.63) is 0 Å². The Morgan fingerprint density at radius 2 is 2.07 bits per heavy atom. The molecule has 1 unspecified atom stereocenters. The normalized spacial score (nSPS) is 24.6. The van der Waals surface area contributed by atoms with Gasteiger partial charge in [0.1, 0.15) is 0 Å². The summed E-state index contributed by atoms with van der Waals surface area (Å²) in [6.07, 6.45) is -4.10. The number of hydrogen-bond acceptors (Lipinski definition) is 2. The summed E-state index contributed by atoms with van der Waals surface area (Å²) in [5, 5.41) is 0. The van der Waals surface area contributed by atoms with Crippen LogP contribution < -0.4 is 0 Å². The second-order valence-electron chi connectivity index (χ2n) is 3.25. The van der Waals surface area contributed by atoms with Gasteiger partial charge in [-0.05, 0) is 19.1 Å². The molecule has 0 aromatic heterocycles. The zero-order valence-electron chi connectivity index (χ0n) is 7.80. The SMILES string of the molecule is CC1CCSCCN1C(=O)C(F)(F)F. The number of rotatable bonds is 0. The molecule has 1 aliphatic rings. The van der Waals surface area contributed by atoms with Crippen LogP contribution in [-0.2, 0) is 4.79 Å². The topological polar surface area (TPSA) is 20.3 Å². The molecule has 1 heterocycles. The van der Waals surface area contributed by atoms with Crippen LogP contribution in [0.4, 0.5) is 13.2 Å². The van der Waals surface area contributed by atoms with Crippen molar-refractivity contribution in [1.82, 2.24) is 4.90 Å². The third kappa shape index (κ3) is 2.80. The summed E-state index contributed by atoms with van der Waals surface area (Å²) in [7, 11) is 0. The largest absolute Gasteiger partial charge is 0.471 e. The molecular weight excluding hydrogens is 215 g/mol. The van der Waals surface area contributed by atoms with Crippen molar-refractivity contribution in [2.75, 3.05) is 18.1 Å². The summed E-state index contributed by atoms with van der Waals surface area (Å²) >= 11 is 1.59. The lowest BCUT2D eigenvalue weighted by Gasteiger charge is -2.27. The fourth-order valence-electron chi connectivity index (χ4n) is 1.36. The first-order valence-electron chi connectivity index (χ1n) is 4.38. The summed E-state index contributed by atoms with van der Waals surface area (Å²) in [4.78, 5) is 11.9. The predicted octanol–water partition coefficient (Wildman–Crippen LogP) is 1.90. The van der Waals surface area contributed by atoms with Crippen molar-refractivity contribution in [2.45, 2.75) is 25.6 Å². The molecule has 1 saturated heterocycles.